The normalized spacial score (nSPS) is 11.5. The number of ether oxygens (including phenoxy) is 1. The summed E-state index contributed by atoms with van der Waals surface area (Å²) in [4.78, 5) is 13.1. The third-order valence-corrected chi connectivity index (χ3v) is 7.71. The molecular weight excluding hydrogens is 476 g/mol. The molecule has 1 N–H and O–H groups in total. The summed E-state index contributed by atoms with van der Waals surface area (Å²) in [5, 5.41) is 4.73. The highest BCUT2D eigenvalue weighted by Gasteiger charge is 2.27. The summed E-state index contributed by atoms with van der Waals surface area (Å²) in [6, 6.07) is 26.1. The van der Waals surface area contributed by atoms with Crippen molar-refractivity contribution in [3.05, 3.63) is 96.6 Å². The Hall–Kier alpha value is -4.30. The number of methoxy groups -OCH3 is 1. The lowest BCUT2D eigenvalue weighted by Crippen LogP contribution is -2.38. The van der Waals surface area contributed by atoms with E-state index in [1.165, 1.54) is 19.2 Å². The number of carbonyl (C=O) groups is 1. The second-order valence-corrected chi connectivity index (χ2v) is 10.2. The van der Waals surface area contributed by atoms with Crippen molar-refractivity contribution >= 4 is 49.2 Å². The standard InChI is InChI=1S/C28H24N2O5S/c1-19-7-10-21(11-8-19)30(36(32,33)23-14-12-22(34-2)13-15-23)18-28(31)29-20-9-16-25-24-5-3-4-6-26(24)35-27(25)17-20/h3-17H,18H2,1-2H3,(H,29,31). The minimum atomic E-state index is -4.03. The van der Waals surface area contributed by atoms with Crippen LogP contribution in [0, 0.1) is 6.92 Å². The van der Waals surface area contributed by atoms with Gasteiger partial charge in [-0.1, -0.05) is 35.9 Å². The maximum absolute atomic E-state index is 13.6. The lowest BCUT2D eigenvalue weighted by Gasteiger charge is -2.24. The molecule has 0 fully saturated rings. The largest absolute Gasteiger partial charge is 0.497 e. The molecule has 4 aromatic carbocycles. The monoisotopic (exact) mass is 500 g/mol. The van der Waals surface area contributed by atoms with E-state index in [-0.39, 0.29) is 4.90 Å². The lowest BCUT2D eigenvalue weighted by atomic mass is 10.1. The van der Waals surface area contributed by atoms with Crippen molar-refractivity contribution in [3.8, 4) is 5.75 Å². The minimum Gasteiger partial charge on any atom is -0.497 e. The Balaban J connectivity index is 1.44. The van der Waals surface area contributed by atoms with Gasteiger partial charge in [0.05, 0.1) is 17.7 Å². The van der Waals surface area contributed by atoms with Crippen molar-refractivity contribution < 1.29 is 22.4 Å². The van der Waals surface area contributed by atoms with Crippen LogP contribution in [-0.2, 0) is 14.8 Å². The topological polar surface area (TPSA) is 88.9 Å². The first-order chi connectivity index (χ1) is 17.3. The summed E-state index contributed by atoms with van der Waals surface area (Å²) < 4.78 is 39.3. The first-order valence-electron chi connectivity index (χ1n) is 11.3. The van der Waals surface area contributed by atoms with Crippen molar-refractivity contribution in [2.45, 2.75) is 11.8 Å². The van der Waals surface area contributed by atoms with E-state index in [0.717, 1.165) is 26.2 Å². The highest BCUT2D eigenvalue weighted by atomic mass is 32.2. The van der Waals surface area contributed by atoms with Gasteiger partial charge in [0.15, 0.2) is 0 Å². The van der Waals surface area contributed by atoms with Crippen LogP contribution in [-0.4, -0.2) is 28.0 Å². The highest BCUT2D eigenvalue weighted by molar-refractivity contribution is 7.92. The molecule has 5 aromatic rings. The molecule has 1 amide bonds. The van der Waals surface area contributed by atoms with Gasteiger partial charge in [-0.15, -0.1) is 0 Å². The summed E-state index contributed by atoms with van der Waals surface area (Å²) >= 11 is 0. The van der Waals surface area contributed by atoms with E-state index in [1.54, 1.807) is 48.5 Å². The molecule has 182 valence electrons. The van der Waals surface area contributed by atoms with Crippen LogP contribution in [0.4, 0.5) is 11.4 Å². The summed E-state index contributed by atoms with van der Waals surface area (Å²) in [6.45, 7) is 1.50. The number of rotatable bonds is 7. The number of sulfonamides is 1. The molecule has 1 heterocycles. The Morgan fingerprint density at radius 1 is 0.889 bits per heavy atom. The van der Waals surface area contributed by atoms with Crippen LogP contribution >= 0.6 is 0 Å². The molecule has 0 radical (unpaired) electrons. The lowest BCUT2D eigenvalue weighted by molar-refractivity contribution is -0.114. The number of carbonyl (C=O) groups excluding carboxylic acids is 1. The molecule has 0 bridgehead atoms. The van der Waals surface area contributed by atoms with E-state index >= 15 is 0 Å². The van der Waals surface area contributed by atoms with Gasteiger partial charge in [0.25, 0.3) is 10.0 Å². The number of para-hydroxylation sites is 1. The average Bonchev–Trinajstić information content (AvgIpc) is 3.25. The molecule has 1 aromatic heterocycles. The second-order valence-electron chi connectivity index (χ2n) is 8.38. The van der Waals surface area contributed by atoms with Gasteiger partial charge in [-0.25, -0.2) is 8.42 Å². The van der Waals surface area contributed by atoms with E-state index < -0.39 is 22.5 Å². The molecule has 5 rings (SSSR count). The zero-order valence-corrected chi connectivity index (χ0v) is 20.6. The third-order valence-electron chi connectivity index (χ3n) is 5.92. The summed E-state index contributed by atoms with van der Waals surface area (Å²) in [7, 11) is -2.52. The van der Waals surface area contributed by atoms with Gasteiger partial charge < -0.3 is 14.5 Å². The van der Waals surface area contributed by atoms with Gasteiger partial charge >= 0.3 is 0 Å². The van der Waals surface area contributed by atoms with Crippen molar-refractivity contribution in [1.82, 2.24) is 0 Å². The van der Waals surface area contributed by atoms with Crippen LogP contribution in [0.2, 0.25) is 0 Å². The van der Waals surface area contributed by atoms with Gasteiger partial charge in [0.2, 0.25) is 5.91 Å². The van der Waals surface area contributed by atoms with Crippen LogP contribution in [0.5, 0.6) is 5.75 Å². The van der Waals surface area contributed by atoms with Crippen LogP contribution in [0.1, 0.15) is 5.56 Å². The number of anilines is 2. The number of benzene rings is 4. The van der Waals surface area contributed by atoms with E-state index in [9.17, 15) is 13.2 Å². The fourth-order valence-corrected chi connectivity index (χ4v) is 5.46. The van der Waals surface area contributed by atoms with Gasteiger partial charge in [-0.3, -0.25) is 9.10 Å². The fourth-order valence-electron chi connectivity index (χ4n) is 4.04. The number of nitrogens with one attached hydrogen (secondary N) is 1. The number of aryl methyl sites for hydroxylation is 1. The maximum Gasteiger partial charge on any atom is 0.264 e. The minimum absolute atomic E-state index is 0.0559. The van der Waals surface area contributed by atoms with E-state index in [0.29, 0.717) is 22.7 Å². The molecule has 0 aliphatic heterocycles. The van der Waals surface area contributed by atoms with Crippen molar-refractivity contribution in [2.24, 2.45) is 0 Å². The molecule has 0 saturated carbocycles. The summed E-state index contributed by atoms with van der Waals surface area (Å²) in [6.07, 6.45) is 0. The van der Waals surface area contributed by atoms with Crippen LogP contribution in [0.25, 0.3) is 21.9 Å². The van der Waals surface area contributed by atoms with Gasteiger partial charge in [-0.2, -0.15) is 0 Å². The Labute approximate surface area is 209 Å². The van der Waals surface area contributed by atoms with E-state index in [1.807, 2.05) is 37.3 Å². The number of nitrogens with zero attached hydrogens (tertiary/aromatic N) is 1. The zero-order valence-electron chi connectivity index (χ0n) is 19.8. The first-order valence-corrected chi connectivity index (χ1v) is 12.7. The second kappa shape index (κ2) is 9.39. The number of furan rings is 1. The van der Waals surface area contributed by atoms with Crippen LogP contribution in [0.15, 0.2) is 100 Å². The molecule has 7 nitrogen and oxygen atoms in total. The maximum atomic E-state index is 13.6. The number of hydrogen-bond acceptors (Lipinski definition) is 5. The Kier molecular flexibility index (Phi) is 6.12. The van der Waals surface area contributed by atoms with Crippen molar-refractivity contribution in [1.29, 1.82) is 0 Å². The van der Waals surface area contributed by atoms with Crippen LogP contribution in [0.3, 0.4) is 0 Å². The SMILES string of the molecule is COc1ccc(S(=O)(=O)N(CC(=O)Nc2ccc3c(c2)oc2ccccc23)c2ccc(C)cc2)cc1. The molecular formula is C28H24N2O5S. The van der Waals surface area contributed by atoms with Crippen molar-refractivity contribution in [3.63, 3.8) is 0 Å². The number of amides is 1. The van der Waals surface area contributed by atoms with E-state index in [2.05, 4.69) is 5.32 Å². The molecule has 0 atom stereocenters. The quantitative estimate of drug-likeness (QED) is 0.308. The molecule has 36 heavy (non-hydrogen) atoms. The Morgan fingerprint density at radius 3 is 2.31 bits per heavy atom. The van der Waals surface area contributed by atoms with Crippen LogP contribution < -0.4 is 14.4 Å². The molecule has 0 aliphatic carbocycles. The Morgan fingerprint density at radius 2 is 1.58 bits per heavy atom. The highest BCUT2D eigenvalue weighted by Crippen LogP contribution is 2.31. The fraction of sp³-hybridized carbons (Fsp3) is 0.107. The average molecular weight is 501 g/mol. The summed E-state index contributed by atoms with van der Waals surface area (Å²) in [5.41, 5.74) is 3.27. The molecule has 8 heteroatoms. The zero-order chi connectivity index (χ0) is 25.3. The molecule has 0 saturated heterocycles. The predicted octanol–water partition coefficient (Wildman–Crippen LogP) is 5.74. The molecule has 0 unspecified atom stereocenters. The molecule has 0 aliphatic rings. The van der Waals surface area contributed by atoms with Gasteiger partial charge in [0, 0.05) is 22.5 Å². The first kappa shape index (κ1) is 23.4. The third kappa shape index (κ3) is 4.50. The predicted molar refractivity (Wildman–Crippen MR) is 141 cm³/mol. The molecule has 0 spiro atoms. The number of hydrogen-bond donors (Lipinski definition) is 1. The van der Waals surface area contributed by atoms with E-state index in [4.69, 9.17) is 9.15 Å². The van der Waals surface area contributed by atoms with Gasteiger partial charge in [-0.05, 0) is 61.5 Å². The summed E-state index contributed by atoms with van der Waals surface area (Å²) in [5.74, 6) is 0.0534. The number of fused-ring (bicyclic) bond motifs is 3. The smallest absolute Gasteiger partial charge is 0.264 e. The Bertz CT molecular complexity index is 1660. The van der Waals surface area contributed by atoms with Gasteiger partial charge in [0.1, 0.15) is 23.5 Å². The van der Waals surface area contributed by atoms with Crippen molar-refractivity contribution in [2.75, 3.05) is 23.3 Å².